The molecule has 0 saturated carbocycles. The third kappa shape index (κ3) is 3.56. The first-order valence-corrected chi connectivity index (χ1v) is 6.73. The first-order chi connectivity index (χ1) is 10.2. The lowest BCUT2D eigenvalue weighted by Gasteiger charge is -2.20. The molecule has 0 fully saturated rings. The Balaban J connectivity index is 2.18. The molecule has 0 aliphatic carbocycles. The van der Waals surface area contributed by atoms with Gasteiger partial charge < -0.3 is 19.7 Å². The van der Waals surface area contributed by atoms with E-state index in [0.717, 1.165) is 22.7 Å². The Morgan fingerprint density at radius 1 is 1.05 bits per heavy atom. The fraction of sp³-hybridized carbons (Fsp3) is 0.312. The molecule has 0 spiro atoms. The molecular formula is C16H21N3O2. The van der Waals surface area contributed by atoms with Crippen LogP contribution in [0, 0.1) is 0 Å². The summed E-state index contributed by atoms with van der Waals surface area (Å²) >= 11 is 0. The highest BCUT2D eigenvalue weighted by molar-refractivity contribution is 5.74. The van der Waals surface area contributed by atoms with Crippen molar-refractivity contribution in [2.45, 2.75) is 6.54 Å². The van der Waals surface area contributed by atoms with E-state index >= 15 is 0 Å². The molecule has 0 bridgehead atoms. The molecule has 5 nitrogen and oxygen atoms in total. The summed E-state index contributed by atoms with van der Waals surface area (Å²) in [5, 5.41) is 3.40. The van der Waals surface area contributed by atoms with Gasteiger partial charge in [-0.2, -0.15) is 0 Å². The van der Waals surface area contributed by atoms with Crippen molar-refractivity contribution in [3.8, 4) is 11.6 Å². The Morgan fingerprint density at radius 2 is 1.76 bits per heavy atom. The van der Waals surface area contributed by atoms with Gasteiger partial charge in [-0.25, -0.2) is 4.98 Å². The maximum atomic E-state index is 5.34. The van der Waals surface area contributed by atoms with Crippen molar-refractivity contribution in [3.63, 3.8) is 0 Å². The van der Waals surface area contributed by atoms with Crippen LogP contribution in [0.2, 0.25) is 0 Å². The minimum Gasteiger partial charge on any atom is -0.497 e. The van der Waals surface area contributed by atoms with Crippen LogP contribution in [0.5, 0.6) is 11.6 Å². The molecule has 0 amide bonds. The van der Waals surface area contributed by atoms with Gasteiger partial charge in [0.1, 0.15) is 11.4 Å². The fourth-order valence-corrected chi connectivity index (χ4v) is 2.06. The molecule has 1 N–H and O–H groups in total. The lowest BCUT2D eigenvalue weighted by molar-refractivity contribution is 0.400. The number of benzene rings is 1. The lowest BCUT2D eigenvalue weighted by Crippen LogP contribution is -2.13. The van der Waals surface area contributed by atoms with Crippen LogP contribution >= 0.6 is 0 Å². The lowest BCUT2D eigenvalue weighted by atomic mass is 10.2. The van der Waals surface area contributed by atoms with Gasteiger partial charge in [-0.05, 0) is 23.8 Å². The zero-order chi connectivity index (χ0) is 15.2. The first-order valence-electron chi connectivity index (χ1n) is 6.73. The number of methoxy groups -OCH3 is 2. The van der Waals surface area contributed by atoms with Crippen molar-refractivity contribution in [2.75, 3.05) is 38.5 Å². The summed E-state index contributed by atoms with van der Waals surface area (Å²) in [7, 11) is 7.28. The van der Waals surface area contributed by atoms with E-state index in [2.05, 4.69) is 10.3 Å². The predicted octanol–water partition coefficient (Wildman–Crippen LogP) is 2.78. The molecule has 2 rings (SSSR count). The topological polar surface area (TPSA) is 46.6 Å². The largest absolute Gasteiger partial charge is 0.497 e. The van der Waals surface area contributed by atoms with Crippen LogP contribution in [-0.4, -0.2) is 33.3 Å². The molecule has 0 atom stereocenters. The highest BCUT2D eigenvalue weighted by Gasteiger charge is 2.11. The number of aromatic nitrogens is 1. The zero-order valence-corrected chi connectivity index (χ0v) is 12.9. The van der Waals surface area contributed by atoms with Crippen LogP contribution in [-0.2, 0) is 6.54 Å². The molecule has 0 radical (unpaired) electrons. The number of hydrogen-bond acceptors (Lipinski definition) is 5. The molecule has 21 heavy (non-hydrogen) atoms. The Bertz CT molecular complexity index is 583. The molecule has 0 unspecified atom stereocenters. The number of nitrogens with one attached hydrogen (secondary N) is 1. The minimum absolute atomic E-state index is 0.592. The van der Waals surface area contributed by atoms with Crippen LogP contribution in [0.15, 0.2) is 36.5 Å². The maximum Gasteiger partial charge on any atom is 0.239 e. The van der Waals surface area contributed by atoms with E-state index in [1.165, 1.54) is 0 Å². The van der Waals surface area contributed by atoms with Gasteiger partial charge >= 0.3 is 0 Å². The molecule has 0 saturated heterocycles. The summed E-state index contributed by atoms with van der Waals surface area (Å²) < 4.78 is 10.5. The molecule has 0 aliphatic rings. The SMILES string of the molecule is COc1ccc(CNc2c(N(C)C)ccnc2OC)cc1. The van der Waals surface area contributed by atoms with E-state index in [0.29, 0.717) is 12.4 Å². The average Bonchev–Trinajstić information content (AvgIpc) is 2.52. The molecule has 0 aliphatic heterocycles. The summed E-state index contributed by atoms with van der Waals surface area (Å²) in [5.74, 6) is 1.45. The van der Waals surface area contributed by atoms with Gasteiger partial charge in [0, 0.05) is 26.8 Å². The molecular weight excluding hydrogens is 266 g/mol. The highest BCUT2D eigenvalue weighted by Crippen LogP contribution is 2.32. The van der Waals surface area contributed by atoms with Crippen molar-refractivity contribution in [3.05, 3.63) is 42.1 Å². The quantitative estimate of drug-likeness (QED) is 0.885. The molecule has 1 aromatic heterocycles. The van der Waals surface area contributed by atoms with Gasteiger partial charge in [0.2, 0.25) is 5.88 Å². The second kappa shape index (κ2) is 6.83. The maximum absolute atomic E-state index is 5.34. The third-order valence-corrected chi connectivity index (χ3v) is 3.20. The number of pyridine rings is 1. The molecule has 5 heteroatoms. The van der Waals surface area contributed by atoms with Crippen molar-refractivity contribution < 1.29 is 9.47 Å². The number of hydrogen-bond donors (Lipinski definition) is 1. The second-order valence-corrected chi connectivity index (χ2v) is 4.81. The summed E-state index contributed by atoms with van der Waals surface area (Å²) in [6, 6.07) is 9.92. The number of ether oxygens (including phenoxy) is 2. The second-order valence-electron chi connectivity index (χ2n) is 4.81. The van der Waals surface area contributed by atoms with Crippen molar-refractivity contribution in [2.24, 2.45) is 0 Å². The third-order valence-electron chi connectivity index (χ3n) is 3.20. The van der Waals surface area contributed by atoms with Gasteiger partial charge in [0.05, 0.1) is 19.9 Å². The smallest absolute Gasteiger partial charge is 0.239 e. The molecule has 1 aromatic carbocycles. The summed E-state index contributed by atoms with van der Waals surface area (Å²) in [6.07, 6.45) is 1.74. The van der Waals surface area contributed by atoms with E-state index < -0.39 is 0 Å². The Morgan fingerprint density at radius 3 is 2.33 bits per heavy atom. The van der Waals surface area contributed by atoms with Gasteiger partial charge in [0.15, 0.2) is 0 Å². The summed E-state index contributed by atoms with van der Waals surface area (Å²) in [5.41, 5.74) is 3.09. The summed E-state index contributed by atoms with van der Waals surface area (Å²) in [6.45, 7) is 0.687. The van der Waals surface area contributed by atoms with Crippen LogP contribution in [0.4, 0.5) is 11.4 Å². The van der Waals surface area contributed by atoms with E-state index in [-0.39, 0.29) is 0 Å². The highest BCUT2D eigenvalue weighted by atomic mass is 16.5. The van der Waals surface area contributed by atoms with Crippen molar-refractivity contribution >= 4 is 11.4 Å². The Labute approximate surface area is 125 Å². The molecule has 112 valence electrons. The summed E-state index contributed by atoms with van der Waals surface area (Å²) in [4.78, 5) is 6.28. The van der Waals surface area contributed by atoms with Gasteiger partial charge in [-0.3, -0.25) is 0 Å². The van der Waals surface area contributed by atoms with Gasteiger partial charge in [-0.1, -0.05) is 12.1 Å². The first kappa shape index (κ1) is 15.0. The normalized spacial score (nSPS) is 10.1. The molecule has 2 aromatic rings. The minimum atomic E-state index is 0.592. The Kier molecular flexibility index (Phi) is 4.87. The molecule has 1 heterocycles. The number of anilines is 2. The van der Waals surface area contributed by atoms with Crippen LogP contribution in [0.25, 0.3) is 0 Å². The van der Waals surface area contributed by atoms with Crippen LogP contribution < -0.4 is 19.7 Å². The van der Waals surface area contributed by atoms with Crippen LogP contribution in [0.3, 0.4) is 0 Å². The fourth-order valence-electron chi connectivity index (χ4n) is 2.06. The standard InChI is InChI=1S/C16H21N3O2/c1-19(2)14-9-10-17-16(21-4)15(14)18-11-12-5-7-13(20-3)8-6-12/h5-10,18H,11H2,1-4H3. The zero-order valence-electron chi connectivity index (χ0n) is 12.9. The van der Waals surface area contributed by atoms with Gasteiger partial charge in [-0.15, -0.1) is 0 Å². The van der Waals surface area contributed by atoms with E-state index in [1.807, 2.05) is 49.3 Å². The van der Waals surface area contributed by atoms with Crippen molar-refractivity contribution in [1.82, 2.24) is 4.98 Å². The van der Waals surface area contributed by atoms with E-state index in [9.17, 15) is 0 Å². The van der Waals surface area contributed by atoms with Crippen LogP contribution in [0.1, 0.15) is 5.56 Å². The Hall–Kier alpha value is -2.43. The predicted molar refractivity (Wildman–Crippen MR) is 85.4 cm³/mol. The van der Waals surface area contributed by atoms with Crippen molar-refractivity contribution in [1.29, 1.82) is 0 Å². The van der Waals surface area contributed by atoms with E-state index in [4.69, 9.17) is 9.47 Å². The van der Waals surface area contributed by atoms with Gasteiger partial charge in [0.25, 0.3) is 0 Å². The number of nitrogens with zero attached hydrogens (tertiary/aromatic N) is 2. The average molecular weight is 287 g/mol. The number of rotatable bonds is 6. The monoisotopic (exact) mass is 287 g/mol. The van der Waals surface area contributed by atoms with E-state index in [1.54, 1.807) is 20.4 Å².